The summed E-state index contributed by atoms with van der Waals surface area (Å²) in [5, 5.41) is 11.7. The van der Waals surface area contributed by atoms with Crippen LogP contribution in [-0.2, 0) is 11.2 Å². The van der Waals surface area contributed by atoms with Gasteiger partial charge < -0.3 is 10.4 Å². The molecule has 4 heteroatoms. The minimum atomic E-state index is -1.03. The highest BCUT2D eigenvalue weighted by Gasteiger charge is 2.14. The molecule has 0 spiro atoms. The normalized spacial score (nSPS) is 10.4. The third kappa shape index (κ3) is 3.31. The summed E-state index contributed by atoms with van der Waals surface area (Å²) < 4.78 is 0. The van der Waals surface area contributed by atoms with Gasteiger partial charge in [0.1, 0.15) is 0 Å². The predicted octanol–water partition coefficient (Wildman–Crippen LogP) is 2.54. The maximum Gasteiger partial charge on any atom is 0.337 e. The molecule has 1 aromatic rings. The Morgan fingerprint density at radius 1 is 1.35 bits per heavy atom. The molecule has 0 saturated carbocycles. The van der Waals surface area contributed by atoms with E-state index < -0.39 is 5.97 Å². The molecule has 0 aromatic heterocycles. The molecule has 92 valence electrons. The third-order valence-electron chi connectivity index (χ3n) is 2.50. The van der Waals surface area contributed by atoms with Crippen LogP contribution in [0.1, 0.15) is 36.7 Å². The van der Waals surface area contributed by atoms with Crippen molar-refractivity contribution in [2.24, 2.45) is 5.92 Å². The van der Waals surface area contributed by atoms with Crippen molar-refractivity contribution in [1.29, 1.82) is 0 Å². The molecule has 0 aliphatic heterocycles. The van der Waals surface area contributed by atoms with Gasteiger partial charge in [-0.2, -0.15) is 0 Å². The first kappa shape index (κ1) is 13.2. The number of benzene rings is 1. The molecular formula is C13H17NO3. The number of anilines is 1. The van der Waals surface area contributed by atoms with Crippen molar-refractivity contribution >= 4 is 17.6 Å². The van der Waals surface area contributed by atoms with Crippen molar-refractivity contribution in [3.8, 4) is 0 Å². The fraction of sp³-hybridized carbons (Fsp3) is 0.385. The molecule has 0 saturated heterocycles. The quantitative estimate of drug-likeness (QED) is 0.842. The van der Waals surface area contributed by atoms with Gasteiger partial charge in [0.2, 0.25) is 5.91 Å². The Bertz CT molecular complexity index is 438. The van der Waals surface area contributed by atoms with E-state index in [-0.39, 0.29) is 17.4 Å². The standard InChI is InChI=1S/C13H17NO3/c1-4-9-5-6-11(10(7-9)13(16)17)14-12(15)8(2)3/h5-8H,4H2,1-3H3,(H,14,15)(H,16,17). The lowest BCUT2D eigenvalue weighted by atomic mass is 10.1. The second-order valence-corrected chi connectivity index (χ2v) is 4.18. The Labute approximate surface area is 101 Å². The van der Waals surface area contributed by atoms with Crippen molar-refractivity contribution in [3.05, 3.63) is 29.3 Å². The van der Waals surface area contributed by atoms with E-state index in [0.29, 0.717) is 5.69 Å². The van der Waals surface area contributed by atoms with Crippen LogP contribution in [0, 0.1) is 5.92 Å². The summed E-state index contributed by atoms with van der Waals surface area (Å²) in [6.07, 6.45) is 0.763. The summed E-state index contributed by atoms with van der Waals surface area (Å²) in [5.74, 6) is -1.39. The summed E-state index contributed by atoms with van der Waals surface area (Å²) in [4.78, 5) is 22.6. The monoisotopic (exact) mass is 235 g/mol. The summed E-state index contributed by atoms with van der Waals surface area (Å²) in [6.45, 7) is 5.47. The highest BCUT2D eigenvalue weighted by Crippen LogP contribution is 2.19. The van der Waals surface area contributed by atoms with Crippen molar-refractivity contribution in [1.82, 2.24) is 0 Å². The van der Waals surface area contributed by atoms with Crippen molar-refractivity contribution < 1.29 is 14.7 Å². The number of carbonyl (C=O) groups is 2. The molecule has 0 aliphatic carbocycles. The Balaban J connectivity index is 3.06. The molecule has 1 aromatic carbocycles. The molecule has 0 fully saturated rings. The van der Waals surface area contributed by atoms with Crippen LogP contribution in [0.25, 0.3) is 0 Å². The Morgan fingerprint density at radius 2 is 2.00 bits per heavy atom. The van der Waals surface area contributed by atoms with Crippen LogP contribution in [0.2, 0.25) is 0 Å². The first-order valence-corrected chi connectivity index (χ1v) is 5.62. The van der Waals surface area contributed by atoms with Gasteiger partial charge in [0.25, 0.3) is 0 Å². The van der Waals surface area contributed by atoms with Crippen molar-refractivity contribution in [2.75, 3.05) is 5.32 Å². The molecule has 4 nitrogen and oxygen atoms in total. The molecule has 0 radical (unpaired) electrons. The molecule has 17 heavy (non-hydrogen) atoms. The zero-order valence-corrected chi connectivity index (χ0v) is 10.3. The molecule has 0 heterocycles. The van der Waals surface area contributed by atoms with Gasteiger partial charge in [-0.25, -0.2) is 4.79 Å². The van der Waals surface area contributed by atoms with E-state index in [1.807, 2.05) is 13.0 Å². The lowest BCUT2D eigenvalue weighted by Gasteiger charge is -2.11. The smallest absolute Gasteiger partial charge is 0.337 e. The lowest BCUT2D eigenvalue weighted by molar-refractivity contribution is -0.118. The summed E-state index contributed by atoms with van der Waals surface area (Å²) >= 11 is 0. The number of amides is 1. The second-order valence-electron chi connectivity index (χ2n) is 4.18. The Kier molecular flexibility index (Phi) is 4.26. The van der Waals surface area contributed by atoms with Crippen LogP contribution in [-0.4, -0.2) is 17.0 Å². The average molecular weight is 235 g/mol. The van der Waals surface area contributed by atoms with Gasteiger partial charge in [0, 0.05) is 5.92 Å². The number of carboxylic acids is 1. The molecular weight excluding hydrogens is 218 g/mol. The number of rotatable bonds is 4. The van der Waals surface area contributed by atoms with E-state index in [0.717, 1.165) is 12.0 Å². The van der Waals surface area contributed by atoms with Crippen LogP contribution in [0.15, 0.2) is 18.2 Å². The molecule has 0 unspecified atom stereocenters. The zero-order chi connectivity index (χ0) is 13.0. The molecule has 1 rings (SSSR count). The van der Waals surface area contributed by atoms with Gasteiger partial charge in [0.05, 0.1) is 11.3 Å². The summed E-state index contributed by atoms with van der Waals surface area (Å²) in [7, 11) is 0. The van der Waals surface area contributed by atoms with Crippen LogP contribution in [0.3, 0.4) is 0 Å². The van der Waals surface area contributed by atoms with Gasteiger partial charge in [-0.15, -0.1) is 0 Å². The second kappa shape index (κ2) is 5.48. The minimum Gasteiger partial charge on any atom is -0.478 e. The fourth-order valence-corrected chi connectivity index (χ4v) is 1.37. The summed E-state index contributed by atoms with van der Waals surface area (Å²) in [6, 6.07) is 5.06. The van der Waals surface area contributed by atoms with Crippen LogP contribution < -0.4 is 5.32 Å². The SMILES string of the molecule is CCc1ccc(NC(=O)C(C)C)c(C(=O)O)c1. The first-order chi connectivity index (χ1) is 7.95. The maximum absolute atomic E-state index is 11.5. The van der Waals surface area contributed by atoms with E-state index in [2.05, 4.69) is 5.32 Å². The van der Waals surface area contributed by atoms with Crippen molar-refractivity contribution in [3.63, 3.8) is 0 Å². The maximum atomic E-state index is 11.5. The largest absolute Gasteiger partial charge is 0.478 e. The lowest BCUT2D eigenvalue weighted by Crippen LogP contribution is -2.19. The van der Waals surface area contributed by atoms with E-state index in [4.69, 9.17) is 5.11 Å². The van der Waals surface area contributed by atoms with E-state index in [9.17, 15) is 9.59 Å². The van der Waals surface area contributed by atoms with E-state index in [1.165, 1.54) is 0 Å². The fourth-order valence-electron chi connectivity index (χ4n) is 1.37. The van der Waals surface area contributed by atoms with Gasteiger partial charge >= 0.3 is 5.97 Å². The number of carboxylic acid groups (broad SMARTS) is 1. The number of aromatic carboxylic acids is 1. The van der Waals surface area contributed by atoms with Crippen LogP contribution in [0.5, 0.6) is 0 Å². The molecule has 1 amide bonds. The summed E-state index contributed by atoms with van der Waals surface area (Å²) in [5.41, 5.74) is 1.43. The predicted molar refractivity (Wildman–Crippen MR) is 66.2 cm³/mol. The van der Waals surface area contributed by atoms with Gasteiger partial charge in [-0.05, 0) is 24.1 Å². The Morgan fingerprint density at radius 3 is 2.47 bits per heavy atom. The number of aryl methyl sites for hydroxylation is 1. The molecule has 2 N–H and O–H groups in total. The Hall–Kier alpha value is -1.84. The minimum absolute atomic E-state index is 0.137. The molecule has 0 bridgehead atoms. The zero-order valence-electron chi connectivity index (χ0n) is 10.3. The van der Waals surface area contributed by atoms with E-state index >= 15 is 0 Å². The van der Waals surface area contributed by atoms with Crippen LogP contribution >= 0.6 is 0 Å². The third-order valence-corrected chi connectivity index (χ3v) is 2.50. The van der Waals surface area contributed by atoms with Gasteiger partial charge in [-0.1, -0.05) is 26.8 Å². The number of carbonyl (C=O) groups excluding carboxylic acids is 1. The van der Waals surface area contributed by atoms with E-state index in [1.54, 1.807) is 26.0 Å². The number of hydrogen-bond donors (Lipinski definition) is 2. The highest BCUT2D eigenvalue weighted by molar-refractivity contribution is 6.01. The topological polar surface area (TPSA) is 66.4 Å². The first-order valence-electron chi connectivity index (χ1n) is 5.62. The van der Waals surface area contributed by atoms with Gasteiger partial charge in [0.15, 0.2) is 0 Å². The van der Waals surface area contributed by atoms with Gasteiger partial charge in [-0.3, -0.25) is 4.79 Å². The van der Waals surface area contributed by atoms with Crippen LogP contribution in [0.4, 0.5) is 5.69 Å². The molecule has 0 aliphatic rings. The number of nitrogens with one attached hydrogen (secondary N) is 1. The number of hydrogen-bond acceptors (Lipinski definition) is 2. The average Bonchev–Trinajstić information content (AvgIpc) is 2.29. The molecule has 0 atom stereocenters. The highest BCUT2D eigenvalue weighted by atomic mass is 16.4. The van der Waals surface area contributed by atoms with Crippen molar-refractivity contribution in [2.45, 2.75) is 27.2 Å².